The van der Waals surface area contributed by atoms with E-state index in [4.69, 9.17) is 16.0 Å². The van der Waals surface area contributed by atoms with E-state index in [1.165, 1.54) is 25.3 Å². The number of carbonyl (C=O) groups is 3. The third kappa shape index (κ3) is 1.62. The average molecular weight is 276 g/mol. The Kier molecular flexibility index (Phi) is 2.40. The van der Waals surface area contributed by atoms with Crippen molar-refractivity contribution in [1.82, 2.24) is 4.98 Å². The number of Topliss-reactive ketones (excluding diaryl/α,β-unsaturated/α-hetero) is 1. The van der Waals surface area contributed by atoms with Crippen LogP contribution in [-0.2, 0) is 0 Å². The molecule has 0 amide bonds. The van der Waals surface area contributed by atoms with Gasteiger partial charge in [-0.2, -0.15) is 0 Å². The molecule has 5 nitrogen and oxygen atoms in total. The maximum atomic E-state index is 12.2. The van der Waals surface area contributed by atoms with Crippen molar-refractivity contribution < 1.29 is 18.8 Å². The standard InChI is InChI=1S/C13H6ClNO4/c1-5(16)9-3-8-11(17)7-2-6(14)4-15-10(7)12(18)13(8)19-9/h2-4H,1H3. The van der Waals surface area contributed by atoms with E-state index in [1.54, 1.807) is 0 Å². The van der Waals surface area contributed by atoms with Crippen LogP contribution in [0.1, 0.15) is 49.6 Å². The summed E-state index contributed by atoms with van der Waals surface area (Å²) < 4.78 is 5.14. The molecule has 0 atom stereocenters. The SMILES string of the molecule is CC(=O)c1cc2c(o1)C(=O)c1ncc(Cl)cc1C2=O. The van der Waals surface area contributed by atoms with Crippen LogP contribution in [0.3, 0.4) is 0 Å². The lowest BCUT2D eigenvalue weighted by Gasteiger charge is -2.11. The Hall–Kier alpha value is -2.27. The fourth-order valence-corrected chi connectivity index (χ4v) is 2.11. The van der Waals surface area contributed by atoms with E-state index in [0.29, 0.717) is 0 Å². The Morgan fingerprint density at radius 3 is 2.63 bits per heavy atom. The Morgan fingerprint density at radius 1 is 1.21 bits per heavy atom. The van der Waals surface area contributed by atoms with Crippen LogP contribution in [0.5, 0.6) is 0 Å². The zero-order chi connectivity index (χ0) is 13.7. The highest BCUT2D eigenvalue weighted by Crippen LogP contribution is 2.29. The van der Waals surface area contributed by atoms with Crippen LogP contribution in [0.4, 0.5) is 0 Å². The van der Waals surface area contributed by atoms with Crippen molar-refractivity contribution in [2.24, 2.45) is 0 Å². The van der Waals surface area contributed by atoms with E-state index in [0.717, 1.165) is 0 Å². The van der Waals surface area contributed by atoms with Crippen LogP contribution in [0.2, 0.25) is 5.02 Å². The largest absolute Gasteiger partial charge is 0.449 e. The fraction of sp³-hybridized carbons (Fsp3) is 0.0769. The third-order valence-corrected chi connectivity index (χ3v) is 3.05. The molecular weight excluding hydrogens is 270 g/mol. The maximum Gasteiger partial charge on any atom is 0.248 e. The lowest BCUT2D eigenvalue weighted by molar-refractivity contribution is 0.0944. The Bertz CT molecular complexity index is 760. The molecule has 0 spiro atoms. The normalized spacial score (nSPS) is 13.2. The lowest BCUT2D eigenvalue weighted by atomic mass is 9.92. The number of rotatable bonds is 1. The van der Waals surface area contributed by atoms with Crippen LogP contribution in [0.25, 0.3) is 0 Å². The molecule has 1 aliphatic rings. The van der Waals surface area contributed by atoms with Gasteiger partial charge in [0.25, 0.3) is 0 Å². The zero-order valence-electron chi connectivity index (χ0n) is 9.69. The number of hydrogen-bond donors (Lipinski definition) is 0. The highest BCUT2D eigenvalue weighted by molar-refractivity contribution is 6.32. The monoisotopic (exact) mass is 275 g/mol. The molecule has 2 aromatic rings. The summed E-state index contributed by atoms with van der Waals surface area (Å²) in [5, 5.41) is 0.263. The molecule has 0 unspecified atom stereocenters. The minimum absolute atomic E-state index is 0.00801. The van der Waals surface area contributed by atoms with Gasteiger partial charge in [-0.1, -0.05) is 11.6 Å². The molecule has 2 heterocycles. The van der Waals surface area contributed by atoms with Crippen molar-refractivity contribution in [3.63, 3.8) is 0 Å². The first-order chi connectivity index (χ1) is 8.99. The second-order valence-corrected chi connectivity index (χ2v) is 4.55. The summed E-state index contributed by atoms with van der Waals surface area (Å²) in [7, 11) is 0. The van der Waals surface area contributed by atoms with Gasteiger partial charge in [0.05, 0.1) is 16.1 Å². The molecule has 0 bridgehead atoms. The van der Waals surface area contributed by atoms with E-state index in [2.05, 4.69) is 4.98 Å². The fourth-order valence-electron chi connectivity index (χ4n) is 1.95. The van der Waals surface area contributed by atoms with E-state index >= 15 is 0 Å². The van der Waals surface area contributed by atoms with Gasteiger partial charge in [0.1, 0.15) is 5.69 Å². The molecule has 2 aromatic heterocycles. The number of nitrogens with zero attached hydrogens (tertiary/aromatic N) is 1. The molecule has 6 heteroatoms. The molecule has 0 saturated heterocycles. The topological polar surface area (TPSA) is 77.2 Å². The van der Waals surface area contributed by atoms with Gasteiger partial charge in [0.15, 0.2) is 23.1 Å². The number of fused-ring (bicyclic) bond motifs is 2. The average Bonchev–Trinajstić information content (AvgIpc) is 2.81. The van der Waals surface area contributed by atoms with Crippen molar-refractivity contribution in [3.05, 3.63) is 51.7 Å². The predicted molar refractivity (Wildman–Crippen MR) is 64.8 cm³/mol. The molecule has 0 fully saturated rings. The van der Waals surface area contributed by atoms with Gasteiger partial charge in [0, 0.05) is 13.1 Å². The van der Waals surface area contributed by atoms with E-state index < -0.39 is 11.6 Å². The molecule has 19 heavy (non-hydrogen) atoms. The Labute approximate surface area is 112 Å². The lowest BCUT2D eigenvalue weighted by Crippen LogP contribution is -2.20. The number of carbonyl (C=O) groups excluding carboxylic acids is 3. The van der Waals surface area contributed by atoms with Crippen LogP contribution >= 0.6 is 11.6 Å². The number of ketones is 3. The number of halogens is 1. The van der Waals surface area contributed by atoms with Crippen LogP contribution < -0.4 is 0 Å². The second kappa shape index (κ2) is 3.86. The van der Waals surface area contributed by atoms with Crippen LogP contribution in [0.15, 0.2) is 22.7 Å². The summed E-state index contributed by atoms with van der Waals surface area (Å²) in [6.45, 7) is 1.29. The highest BCUT2D eigenvalue weighted by Gasteiger charge is 2.35. The molecule has 1 aliphatic carbocycles. The number of furan rings is 1. The summed E-state index contributed by atoms with van der Waals surface area (Å²) in [6, 6.07) is 2.66. The van der Waals surface area contributed by atoms with Crippen molar-refractivity contribution in [1.29, 1.82) is 0 Å². The third-order valence-electron chi connectivity index (χ3n) is 2.84. The van der Waals surface area contributed by atoms with Crippen molar-refractivity contribution >= 4 is 29.0 Å². The maximum absolute atomic E-state index is 12.2. The van der Waals surface area contributed by atoms with Gasteiger partial charge in [-0.25, -0.2) is 0 Å². The van der Waals surface area contributed by atoms with E-state index in [-0.39, 0.29) is 39.1 Å². The van der Waals surface area contributed by atoms with Gasteiger partial charge < -0.3 is 4.42 Å². The van der Waals surface area contributed by atoms with Crippen LogP contribution in [0, 0.1) is 0 Å². The van der Waals surface area contributed by atoms with Crippen molar-refractivity contribution in [3.8, 4) is 0 Å². The number of pyridine rings is 1. The Morgan fingerprint density at radius 2 is 1.95 bits per heavy atom. The van der Waals surface area contributed by atoms with Gasteiger partial charge >= 0.3 is 0 Å². The minimum Gasteiger partial charge on any atom is -0.449 e. The van der Waals surface area contributed by atoms with E-state index in [1.807, 2.05) is 0 Å². The minimum atomic E-state index is -0.520. The molecule has 0 radical (unpaired) electrons. The van der Waals surface area contributed by atoms with Gasteiger partial charge in [-0.15, -0.1) is 0 Å². The summed E-state index contributed by atoms with van der Waals surface area (Å²) in [5.74, 6) is -1.46. The summed E-state index contributed by atoms with van der Waals surface area (Å²) >= 11 is 5.77. The smallest absolute Gasteiger partial charge is 0.248 e. The first-order valence-electron chi connectivity index (χ1n) is 5.38. The second-order valence-electron chi connectivity index (χ2n) is 4.12. The highest BCUT2D eigenvalue weighted by atomic mass is 35.5. The van der Waals surface area contributed by atoms with Gasteiger partial charge in [-0.05, 0) is 12.1 Å². The number of hydrogen-bond acceptors (Lipinski definition) is 5. The van der Waals surface area contributed by atoms with Gasteiger partial charge in [0.2, 0.25) is 5.78 Å². The quantitative estimate of drug-likeness (QED) is 0.637. The molecule has 0 N–H and O–H groups in total. The molecular formula is C13H6ClNO4. The zero-order valence-corrected chi connectivity index (χ0v) is 10.4. The summed E-state index contributed by atoms with van der Waals surface area (Å²) in [5.41, 5.74) is 0.194. The first-order valence-corrected chi connectivity index (χ1v) is 5.76. The number of aromatic nitrogens is 1. The van der Waals surface area contributed by atoms with Crippen molar-refractivity contribution in [2.45, 2.75) is 6.92 Å². The van der Waals surface area contributed by atoms with Crippen LogP contribution in [-0.4, -0.2) is 22.3 Å². The summed E-state index contributed by atoms with van der Waals surface area (Å²) in [4.78, 5) is 39.5. The van der Waals surface area contributed by atoms with E-state index in [9.17, 15) is 14.4 Å². The first kappa shape index (κ1) is 11.8. The molecule has 3 rings (SSSR count). The molecule has 94 valence electrons. The Balaban J connectivity index is 2.26. The predicted octanol–water partition coefficient (Wildman–Crippen LogP) is 2.31. The van der Waals surface area contributed by atoms with Gasteiger partial charge in [-0.3, -0.25) is 19.4 Å². The summed E-state index contributed by atoms with van der Waals surface area (Å²) in [6.07, 6.45) is 1.28. The molecule has 0 aliphatic heterocycles. The molecule has 0 aromatic carbocycles. The van der Waals surface area contributed by atoms with Crippen molar-refractivity contribution in [2.75, 3.05) is 0 Å². The molecule has 0 saturated carbocycles.